The second-order valence-electron chi connectivity index (χ2n) is 9.49. The van der Waals surface area contributed by atoms with E-state index in [0.29, 0.717) is 37.1 Å². The van der Waals surface area contributed by atoms with Crippen molar-refractivity contribution in [2.24, 2.45) is 0 Å². The first-order valence-electron chi connectivity index (χ1n) is 12.7. The molecule has 6 nitrogen and oxygen atoms in total. The maximum Gasteiger partial charge on any atom is 0.242 e. The second kappa shape index (κ2) is 12.1. The van der Waals surface area contributed by atoms with Crippen LogP contribution in [-0.4, -0.2) is 60.6 Å². The number of hydrogen-bond acceptors (Lipinski definition) is 5. The molecule has 0 spiro atoms. The smallest absolute Gasteiger partial charge is 0.242 e. The van der Waals surface area contributed by atoms with Crippen LogP contribution < -0.4 is 4.74 Å². The van der Waals surface area contributed by atoms with Gasteiger partial charge in [-0.3, -0.25) is 9.59 Å². The number of amides is 2. The van der Waals surface area contributed by atoms with Gasteiger partial charge in [-0.15, -0.1) is 11.3 Å². The molecule has 0 bridgehead atoms. The van der Waals surface area contributed by atoms with E-state index < -0.39 is 0 Å². The first kappa shape index (κ1) is 25.8. The molecule has 3 heterocycles. The maximum absolute atomic E-state index is 13.8. The minimum absolute atomic E-state index is 0.0265. The third-order valence-electron chi connectivity index (χ3n) is 6.96. The summed E-state index contributed by atoms with van der Waals surface area (Å²) in [7, 11) is 0. The van der Waals surface area contributed by atoms with Crippen molar-refractivity contribution < 1.29 is 19.1 Å². The molecule has 2 atom stereocenters. The van der Waals surface area contributed by atoms with Crippen molar-refractivity contribution in [1.82, 2.24) is 9.80 Å². The molecule has 0 radical (unpaired) electrons. The lowest BCUT2D eigenvalue weighted by Crippen LogP contribution is -2.49. The number of ether oxygens (including phenoxy) is 2. The summed E-state index contributed by atoms with van der Waals surface area (Å²) in [5.74, 6) is 0.579. The number of fused-ring (bicyclic) bond motifs is 1. The lowest BCUT2D eigenvalue weighted by molar-refractivity contribution is -0.143. The average Bonchev–Trinajstić information content (AvgIpc) is 3.60. The number of halogens is 1. The van der Waals surface area contributed by atoms with Gasteiger partial charge in [0.25, 0.3) is 0 Å². The fourth-order valence-corrected chi connectivity index (χ4v) is 6.06. The molecule has 37 heavy (non-hydrogen) atoms. The van der Waals surface area contributed by atoms with Crippen molar-refractivity contribution >= 4 is 34.8 Å². The fourth-order valence-electron chi connectivity index (χ4n) is 5.01. The minimum atomic E-state index is -0.216. The second-order valence-corrected chi connectivity index (χ2v) is 10.9. The van der Waals surface area contributed by atoms with Gasteiger partial charge >= 0.3 is 0 Å². The molecule has 2 amide bonds. The van der Waals surface area contributed by atoms with E-state index in [2.05, 4.69) is 11.4 Å². The Kier molecular flexibility index (Phi) is 8.44. The van der Waals surface area contributed by atoms with Gasteiger partial charge in [0, 0.05) is 29.6 Å². The molecule has 2 aromatic carbocycles. The third kappa shape index (κ3) is 6.53. The van der Waals surface area contributed by atoms with Crippen LogP contribution in [0.2, 0.25) is 5.02 Å². The maximum atomic E-state index is 13.8. The molecule has 1 aromatic heterocycles. The average molecular weight is 539 g/mol. The Morgan fingerprint density at radius 3 is 2.68 bits per heavy atom. The van der Waals surface area contributed by atoms with Crippen LogP contribution in [0.4, 0.5) is 0 Å². The Labute approximate surface area is 226 Å². The molecule has 1 saturated heterocycles. The van der Waals surface area contributed by atoms with Crippen LogP contribution in [0.1, 0.15) is 34.9 Å². The van der Waals surface area contributed by atoms with E-state index in [1.807, 2.05) is 47.4 Å². The molecule has 1 fully saturated rings. The Balaban J connectivity index is 1.31. The Morgan fingerprint density at radius 1 is 1.11 bits per heavy atom. The summed E-state index contributed by atoms with van der Waals surface area (Å²) in [4.78, 5) is 32.0. The summed E-state index contributed by atoms with van der Waals surface area (Å²) in [6.07, 6.45) is 2.93. The standard InChI is InChI=1S/C29H31ClN2O4S/c30-22-8-10-23(11-9-22)36-20-26-25-13-16-37-27(25)12-14-32(26)29(34)19-31(18-24-7-4-15-35-24)28(33)17-21-5-2-1-3-6-21/h1-3,5-6,8-11,13,16,24,26H,4,7,12,14-15,17-20H2. The van der Waals surface area contributed by atoms with E-state index in [1.165, 1.54) is 4.88 Å². The van der Waals surface area contributed by atoms with Crippen LogP contribution in [0.15, 0.2) is 66.0 Å². The highest BCUT2D eigenvalue weighted by Gasteiger charge is 2.34. The van der Waals surface area contributed by atoms with Crippen LogP contribution in [0.3, 0.4) is 0 Å². The number of carbonyl (C=O) groups excluding carboxylic acids is 2. The fraction of sp³-hybridized carbons (Fsp3) is 0.379. The Hall–Kier alpha value is -2.87. The number of rotatable bonds is 9. The first-order chi connectivity index (χ1) is 18.1. The van der Waals surface area contributed by atoms with Crippen molar-refractivity contribution in [2.45, 2.75) is 37.8 Å². The Morgan fingerprint density at radius 2 is 1.92 bits per heavy atom. The minimum Gasteiger partial charge on any atom is -0.491 e. The summed E-state index contributed by atoms with van der Waals surface area (Å²) >= 11 is 7.73. The largest absolute Gasteiger partial charge is 0.491 e. The normalized spacial score (nSPS) is 18.9. The van der Waals surface area contributed by atoms with Crippen LogP contribution in [-0.2, 0) is 27.2 Å². The predicted molar refractivity (Wildman–Crippen MR) is 145 cm³/mol. The molecule has 5 rings (SSSR count). The quantitative estimate of drug-likeness (QED) is 0.378. The SMILES string of the molecule is O=C(Cc1ccccc1)N(CC(=O)N1CCc2sccc2C1COc1ccc(Cl)cc1)CC1CCCO1. The third-order valence-corrected chi connectivity index (χ3v) is 8.21. The zero-order valence-electron chi connectivity index (χ0n) is 20.7. The van der Waals surface area contributed by atoms with Crippen molar-refractivity contribution in [3.05, 3.63) is 87.1 Å². The molecule has 8 heteroatoms. The summed E-state index contributed by atoms with van der Waals surface area (Å²) < 4.78 is 11.9. The molecule has 0 N–H and O–H groups in total. The van der Waals surface area contributed by atoms with E-state index >= 15 is 0 Å². The van der Waals surface area contributed by atoms with E-state index in [-0.39, 0.29) is 36.9 Å². The van der Waals surface area contributed by atoms with E-state index in [4.69, 9.17) is 21.1 Å². The monoisotopic (exact) mass is 538 g/mol. The predicted octanol–water partition coefficient (Wildman–Crippen LogP) is 5.16. The lowest BCUT2D eigenvalue weighted by Gasteiger charge is -2.37. The summed E-state index contributed by atoms with van der Waals surface area (Å²) in [6, 6.07) is 18.8. The highest BCUT2D eigenvalue weighted by molar-refractivity contribution is 7.10. The molecule has 2 aliphatic heterocycles. The molecular formula is C29H31ClN2O4S. The van der Waals surface area contributed by atoms with Gasteiger partial charge in [-0.05, 0) is 66.1 Å². The number of hydrogen-bond donors (Lipinski definition) is 0. The van der Waals surface area contributed by atoms with Crippen molar-refractivity contribution in [3.63, 3.8) is 0 Å². The molecule has 3 aromatic rings. The van der Waals surface area contributed by atoms with E-state index in [9.17, 15) is 9.59 Å². The van der Waals surface area contributed by atoms with E-state index in [0.717, 1.165) is 30.4 Å². The van der Waals surface area contributed by atoms with Crippen molar-refractivity contribution in [3.8, 4) is 5.75 Å². The number of carbonyl (C=O) groups is 2. The highest BCUT2D eigenvalue weighted by Crippen LogP contribution is 2.34. The molecule has 194 valence electrons. The molecule has 0 aliphatic carbocycles. The van der Waals surface area contributed by atoms with Gasteiger partial charge in [0.1, 0.15) is 12.4 Å². The molecule has 2 aliphatic rings. The van der Waals surface area contributed by atoms with Gasteiger partial charge in [0.2, 0.25) is 11.8 Å². The summed E-state index contributed by atoms with van der Waals surface area (Å²) in [6.45, 7) is 2.10. The van der Waals surface area contributed by atoms with Crippen LogP contribution in [0.5, 0.6) is 5.75 Å². The Bertz CT molecular complexity index is 1190. The van der Waals surface area contributed by atoms with Crippen molar-refractivity contribution in [1.29, 1.82) is 0 Å². The van der Waals surface area contributed by atoms with Crippen LogP contribution >= 0.6 is 22.9 Å². The highest BCUT2D eigenvalue weighted by atomic mass is 35.5. The van der Waals surface area contributed by atoms with Gasteiger partial charge in [-0.25, -0.2) is 0 Å². The zero-order chi connectivity index (χ0) is 25.6. The van der Waals surface area contributed by atoms with Gasteiger partial charge in [0.15, 0.2) is 0 Å². The molecular weight excluding hydrogens is 508 g/mol. The van der Waals surface area contributed by atoms with Gasteiger partial charge in [-0.2, -0.15) is 0 Å². The molecule has 0 saturated carbocycles. The number of nitrogens with zero attached hydrogens (tertiary/aromatic N) is 2. The number of benzene rings is 2. The van der Waals surface area contributed by atoms with Crippen LogP contribution in [0.25, 0.3) is 0 Å². The van der Waals surface area contributed by atoms with Gasteiger partial charge < -0.3 is 19.3 Å². The summed E-state index contributed by atoms with van der Waals surface area (Å²) in [5.41, 5.74) is 2.06. The summed E-state index contributed by atoms with van der Waals surface area (Å²) in [5, 5.41) is 2.72. The molecule has 2 unspecified atom stereocenters. The van der Waals surface area contributed by atoms with Gasteiger partial charge in [0.05, 0.1) is 25.1 Å². The first-order valence-corrected chi connectivity index (χ1v) is 14.0. The topological polar surface area (TPSA) is 59.1 Å². The van der Waals surface area contributed by atoms with Crippen molar-refractivity contribution in [2.75, 3.05) is 32.8 Å². The van der Waals surface area contributed by atoms with Crippen LogP contribution in [0, 0.1) is 0 Å². The van der Waals surface area contributed by atoms with E-state index in [1.54, 1.807) is 28.4 Å². The number of thiophene rings is 1. The lowest BCUT2D eigenvalue weighted by atomic mass is 10.00. The zero-order valence-corrected chi connectivity index (χ0v) is 22.3. The van der Waals surface area contributed by atoms with Gasteiger partial charge in [-0.1, -0.05) is 41.9 Å².